The molecule has 1 aliphatic heterocycles. The number of ether oxygens (including phenoxy) is 2. The molecule has 1 saturated carbocycles. The number of Topliss-reactive ketones (excluding diaryl/α,β-unsaturated/α-hetero) is 1. The summed E-state index contributed by atoms with van der Waals surface area (Å²) in [7, 11) is 0. The average Bonchev–Trinajstić information content (AvgIpc) is 3.64. The number of nitrogens with zero attached hydrogens (tertiary/aromatic N) is 4. The molecule has 1 aromatic heterocycles. The fourth-order valence-corrected chi connectivity index (χ4v) is 5.71. The van der Waals surface area contributed by atoms with Gasteiger partial charge in [0.1, 0.15) is 31.0 Å². The lowest BCUT2D eigenvalue weighted by Crippen LogP contribution is -2.50. The van der Waals surface area contributed by atoms with Crippen molar-refractivity contribution >= 4 is 23.4 Å². The van der Waals surface area contributed by atoms with Crippen LogP contribution in [0.3, 0.4) is 0 Å². The van der Waals surface area contributed by atoms with E-state index in [0.29, 0.717) is 46.9 Å². The maximum absolute atomic E-state index is 13.7. The van der Waals surface area contributed by atoms with Crippen LogP contribution in [0.4, 0.5) is 22.4 Å². The van der Waals surface area contributed by atoms with Gasteiger partial charge in [0, 0.05) is 31.5 Å². The van der Waals surface area contributed by atoms with Crippen molar-refractivity contribution in [3.8, 4) is 0 Å². The van der Waals surface area contributed by atoms with Crippen LogP contribution >= 0.6 is 0 Å². The summed E-state index contributed by atoms with van der Waals surface area (Å²) in [6.45, 7) is 2.27. The largest absolute Gasteiger partial charge is 0.436 e. The molecule has 2 heterocycles. The minimum Gasteiger partial charge on any atom is -0.436 e. The van der Waals surface area contributed by atoms with Gasteiger partial charge in [-0.25, -0.2) is 14.2 Å². The molecule has 2 aliphatic carbocycles. The maximum atomic E-state index is 13.7. The number of halogens is 4. The number of rotatable bonds is 9. The van der Waals surface area contributed by atoms with Gasteiger partial charge < -0.3 is 18.9 Å². The number of allylic oxidation sites excluding steroid dienone is 3. The average molecular weight is 591 g/mol. The van der Waals surface area contributed by atoms with Crippen LogP contribution in [0.1, 0.15) is 38.1 Å². The molecule has 1 saturated heterocycles. The van der Waals surface area contributed by atoms with Gasteiger partial charge in [-0.05, 0) is 56.0 Å². The van der Waals surface area contributed by atoms with Crippen molar-refractivity contribution in [3.63, 3.8) is 0 Å². The number of aromatic nitrogens is 2. The van der Waals surface area contributed by atoms with Crippen LogP contribution in [0.2, 0.25) is 0 Å². The molecule has 9 nitrogen and oxygen atoms in total. The van der Waals surface area contributed by atoms with Gasteiger partial charge in [-0.1, -0.05) is 18.2 Å². The Hall–Kier alpha value is -4.00. The Kier molecular flexibility index (Phi) is 7.97. The third-order valence-corrected chi connectivity index (χ3v) is 7.98. The van der Waals surface area contributed by atoms with Crippen molar-refractivity contribution in [2.75, 3.05) is 19.7 Å². The number of alkyl halides is 3. The van der Waals surface area contributed by atoms with Crippen LogP contribution in [0.5, 0.6) is 0 Å². The fraction of sp³-hybridized carbons (Fsp3) is 0.448. The topological polar surface area (TPSA) is 94.0 Å². The first-order valence-electron chi connectivity index (χ1n) is 13.6. The molecule has 2 fully saturated rings. The smallest absolute Gasteiger partial charge is 0.411 e. The molecule has 3 aliphatic rings. The second kappa shape index (κ2) is 11.3. The molecule has 1 aromatic carbocycles. The summed E-state index contributed by atoms with van der Waals surface area (Å²) in [6.07, 6.45) is 1.79. The Morgan fingerprint density at radius 1 is 1.24 bits per heavy atom. The summed E-state index contributed by atoms with van der Waals surface area (Å²) in [5.41, 5.74) is 0.127. The van der Waals surface area contributed by atoms with E-state index < -0.39 is 54.6 Å². The first-order valence-corrected chi connectivity index (χ1v) is 13.6. The first kappa shape index (κ1) is 29.5. The summed E-state index contributed by atoms with van der Waals surface area (Å²) in [5.74, 6) is -1.78. The van der Waals surface area contributed by atoms with Gasteiger partial charge in [0.15, 0.2) is 11.4 Å². The maximum Gasteiger partial charge on any atom is 0.411 e. The van der Waals surface area contributed by atoms with Crippen molar-refractivity contribution in [1.82, 2.24) is 19.4 Å². The minimum atomic E-state index is -4.73. The number of benzene rings is 1. The van der Waals surface area contributed by atoms with E-state index in [4.69, 9.17) is 9.47 Å². The van der Waals surface area contributed by atoms with Gasteiger partial charge in [0.25, 0.3) is 0 Å². The molecule has 5 rings (SSSR count). The molecular weight excluding hydrogens is 560 g/mol. The van der Waals surface area contributed by atoms with Crippen molar-refractivity contribution < 1.29 is 41.4 Å². The highest BCUT2D eigenvalue weighted by Gasteiger charge is 2.56. The molecule has 0 bridgehead atoms. The van der Waals surface area contributed by atoms with Crippen molar-refractivity contribution in [3.05, 3.63) is 71.6 Å². The lowest BCUT2D eigenvalue weighted by atomic mass is 9.83. The highest BCUT2D eigenvalue weighted by Crippen LogP contribution is 2.49. The Balaban J connectivity index is 1.34. The van der Waals surface area contributed by atoms with Crippen LogP contribution in [-0.4, -0.2) is 74.7 Å². The van der Waals surface area contributed by atoms with E-state index in [0.717, 1.165) is 24.0 Å². The zero-order chi connectivity index (χ0) is 30.2. The van der Waals surface area contributed by atoms with Crippen LogP contribution < -0.4 is 0 Å². The molecule has 3 atom stereocenters. The molecule has 0 N–H and O–H groups in total. The second-order valence-corrected chi connectivity index (χ2v) is 10.6. The van der Waals surface area contributed by atoms with E-state index in [2.05, 4.69) is 4.98 Å². The number of hydrogen-bond acceptors (Lipinski definition) is 6. The van der Waals surface area contributed by atoms with E-state index in [-0.39, 0.29) is 19.1 Å². The molecule has 2 unspecified atom stereocenters. The van der Waals surface area contributed by atoms with E-state index in [9.17, 15) is 31.9 Å². The summed E-state index contributed by atoms with van der Waals surface area (Å²) >= 11 is 0. The number of carbonyl (C=O) groups is 3. The van der Waals surface area contributed by atoms with E-state index in [1.165, 1.54) is 12.1 Å². The van der Waals surface area contributed by atoms with Gasteiger partial charge >= 0.3 is 12.3 Å². The van der Waals surface area contributed by atoms with Crippen molar-refractivity contribution in [2.45, 2.75) is 57.8 Å². The number of ketones is 1. The lowest BCUT2D eigenvalue weighted by Gasteiger charge is -2.32. The SMILES string of the molecule is CCOCn1ccnc1C1=CC=C2C(CC[C@]23CN(CC(=O)N(Cc2ccc(F)cc2)C(C)C(F)(F)F)C(=O)O3)C1=O. The minimum absolute atomic E-state index is 0.0832. The number of fused-ring (bicyclic) bond motifs is 2. The van der Waals surface area contributed by atoms with Crippen molar-refractivity contribution in [2.24, 2.45) is 5.92 Å². The highest BCUT2D eigenvalue weighted by atomic mass is 19.4. The quantitative estimate of drug-likeness (QED) is 0.400. The number of hydrogen-bond donors (Lipinski definition) is 0. The predicted octanol–water partition coefficient (Wildman–Crippen LogP) is 4.49. The first-order chi connectivity index (χ1) is 19.9. The Labute approximate surface area is 239 Å². The van der Waals surface area contributed by atoms with Crippen LogP contribution in [-0.2, 0) is 32.3 Å². The summed E-state index contributed by atoms with van der Waals surface area (Å²) in [5, 5.41) is 0. The summed E-state index contributed by atoms with van der Waals surface area (Å²) in [6, 6.07) is 2.64. The summed E-state index contributed by atoms with van der Waals surface area (Å²) in [4.78, 5) is 45.7. The Morgan fingerprint density at radius 3 is 2.67 bits per heavy atom. The fourth-order valence-electron chi connectivity index (χ4n) is 5.71. The number of carbonyl (C=O) groups excluding carboxylic acids is 3. The van der Waals surface area contributed by atoms with Crippen LogP contribution in [0.15, 0.2) is 54.4 Å². The van der Waals surface area contributed by atoms with E-state index in [1.807, 2.05) is 6.92 Å². The molecular formula is C29H30F4N4O5. The molecule has 2 amide bonds. The van der Waals surface area contributed by atoms with Gasteiger partial charge in [-0.2, -0.15) is 13.2 Å². The molecule has 13 heteroatoms. The Morgan fingerprint density at radius 2 is 1.98 bits per heavy atom. The molecule has 1 spiro atoms. The van der Waals surface area contributed by atoms with E-state index in [1.54, 1.807) is 29.1 Å². The molecule has 224 valence electrons. The van der Waals surface area contributed by atoms with Crippen molar-refractivity contribution in [1.29, 1.82) is 0 Å². The predicted molar refractivity (Wildman–Crippen MR) is 141 cm³/mol. The third-order valence-electron chi connectivity index (χ3n) is 7.98. The normalized spacial score (nSPS) is 22.6. The van der Waals surface area contributed by atoms with Gasteiger partial charge in [0.2, 0.25) is 5.91 Å². The highest BCUT2D eigenvalue weighted by molar-refractivity contribution is 6.23. The number of imidazole rings is 1. The molecule has 42 heavy (non-hydrogen) atoms. The zero-order valence-electron chi connectivity index (χ0n) is 23.1. The van der Waals surface area contributed by atoms with Gasteiger partial charge in [-0.3, -0.25) is 14.5 Å². The van der Waals surface area contributed by atoms with Gasteiger partial charge in [0.05, 0.1) is 12.1 Å². The standard InChI is InChI=1S/C29H30F4N4O5/c1-3-41-17-35-13-12-34-26(35)22-8-9-23-21(25(22)39)10-11-28(23)16-36(27(40)42-28)15-24(38)37(18(2)29(31,32)33)14-19-4-6-20(30)7-5-19/h4-9,12-13,18,21H,3,10-11,14-17H2,1-2H3/t18?,21?,28-/m0/s1. The number of amides is 2. The summed E-state index contributed by atoms with van der Waals surface area (Å²) < 4.78 is 67.3. The lowest BCUT2D eigenvalue weighted by molar-refractivity contribution is -0.187. The third kappa shape index (κ3) is 5.57. The van der Waals surface area contributed by atoms with E-state index >= 15 is 0 Å². The molecule has 0 radical (unpaired) electrons. The van der Waals surface area contributed by atoms with Gasteiger partial charge in [-0.15, -0.1) is 0 Å². The Bertz CT molecular complexity index is 1430. The molecule has 2 aromatic rings. The van der Waals surface area contributed by atoms with Crippen LogP contribution in [0.25, 0.3) is 5.57 Å². The second-order valence-electron chi connectivity index (χ2n) is 10.6. The van der Waals surface area contributed by atoms with Crippen LogP contribution in [0, 0.1) is 11.7 Å². The zero-order valence-corrected chi connectivity index (χ0v) is 23.1. The monoisotopic (exact) mass is 590 g/mol.